The van der Waals surface area contributed by atoms with Crippen molar-refractivity contribution >= 4 is 22.7 Å². The molecule has 0 saturated carbocycles. The van der Waals surface area contributed by atoms with E-state index < -0.39 is 5.91 Å². The van der Waals surface area contributed by atoms with Gasteiger partial charge in [0.2, 0.25) is 5.91 Å². The molecule has 0 atom stereocenters. The number of hydrogen-bond acceptors (Lipinski definition) is 4. The molecular formula is C22H18FN3O4. The lowest BCUT2D eigenvalue weighted by atomic mass is 10.1. The van der Waals surface area contributed by atoms with E-state index in [-0.39, 0.29) is 30.5 Å². The molecule has 8 heteroatoms. The molecule has 4 aromatic rings. The van der Waals surface area contributed by atoms with E-state index in [4.69, 9.17) is 9.15 Å². The second kappa shape index (κ2) is 8.52. The number of hydrogen-bond donors (Lipinski definition) is 3. The maximum Gasteiger partial charge on any atom is 0.305 e. The molecule has 152 valence electrons. The summed E-state index contributed by atoms with van der Waals surface area (Å²) in [6, 6.07) is 16.3. The Labute approximate surface area is 170 Å². The minimum atomic E-state index is -0.588. The number of ether oxygens (including phenoxy) is 1. The van der Waals surface area contributed by atoms with Crippen molar-refractivity contribution in [3.8, 4) is 5.75 Å². The molecule has 2 amide bonds. The van der Waals surface area contributed by atoms with Crippen molar-refractivity contribution < 1.29 is 23.1 Å². The fraction of sp³-hybridized carbons (Fsp3) is 0.0909. The maximum absolute atomic E-state index is 12.9. The molecule has 2 aromatic heterocycles. The quantitative estimate of drug-likeness (QED) is 0.427. The van der Waals surface area contributed by atoms with Crippen molar-refractivity contribution in [3.05, 3.63) is 89.8 Å². The summed E-state index contributed by atoms with van der Waals surface area (Å²) in [6.45, 7) is 0.0752. The Kier molecular flexibility index (Phi) is 5.47. The standard InChI is InChI=1S/C22H18FN3O4/c23-15-5-7-16(8-6-15)29-13-17-9-10-20(30-17)22(28)26-25-21(27)11-14-12-24-19-4-2-1-3-18(14)19/h1-10,12,24H,11,13H2,(H,25,27)(H,26,28). The Morgan fingerprint density at radius 3 is 2.63 bits per heavy atom. The summed E-state index contributed by atoms with van der Waals surface area (Å²) >= 11 is 0. The predicted molar refractivity (Wildman–Crippen MR) is 107 cm³/mol. The number of rotatable bonds is 6. The first kappa shape index (κ1) is 19.3. The molecule has 0 aliphatic carbocycles. The third kappa shape index (κ3) is 4.49. The van der Waals surface area contributed by atoms with Crippen molar-refractivity contribution in [1.82, 2.24) is 15.8 Å². The van der Waals surface area contributed by atoms with Gasteiger partial charge in [-0.2, -0.15) is 0 Å². The van der Waals surface area contributed by atoms with E-state index in [0.717, 1.165) is 16.5 Å². The lowest BCUT2D eigenvalue weighted by Crippen LogP contribution is -2.42. The zero-order chi connectivity index (χ0) is 20.9. The van der Waals surface area contributed by atoms with Gasteiger partial charge in [-0.15, -0.1) is 0 Å². The second-order valence-corrected chi connectivity index (χ2v) is 6.55. The monoisotopic (exact) mass is 407 g/mol. The molecule has 0 saturated heterocycles. The average molecular weight is 407 g/mol. The third-order valence-electron chi connectivity index (χ3n) is 4.42. The highest BCUT2D eigenvalue weighted by molar-refractivity contribution is 5.94. The lowest BCUT2D eigenvalue weighted by molar-refractivity contribution is -0.121. The highest BCUT2D eigenvalue weighted by atomic mass is 19.1. The van der Waals surface area contributed by atoms with Crippen LogP contribution in [-0.2, 0) is 17.8 Å². The van der Waals surface area contributed by atoms with Gasteiger partial charge < -0.3 is 14.1 Å². The summed E-state index contributed by atoms with van der Waals surface area (Å²) in [7, 11) is 0. The van der Waals surface area contributed by atoms with Gasteiger partial charge in [0.1, 0.15) is 23.9 Å². The fourth-order valence-corrected chi connectivity index (χ4v) is 2.95. The van der Waals surface area contributed by atoms with Gasteiger partial charge in [0.05, 0.1) is 6.42 Å². The Hall–Kier alpha value is -4.07. The van der Waals surface area contributed by atoms with E-state index in [2.05, 4.69) is 15.8 Å². The molecule has 0 aliphatic rings. The SMILES string of the molecule is O=C(Cc1c[nH]c2ccccc12)NNC(=O)c1ccc(COc2ccc(F)cc2)o1. The van der Waals surface area contributed by atoms with Crippen molar-refractivity contribution in [1.29, 1.82) is 0 Å². The molecule has 0 spiro atoms. The highest BCUT2D eigenvalue weighted by Gasteiger charge is 2.14. The van der Waals surface area contributed by atoms with E-state index in [9.17, 15) is 14.0 Å². The van der Waals surface area contributed by atoms with Crippen LogP contribution in [0.2, 0.25) is 0 Å². The number of carbonyl (C=O) groups is 2. The van der Waals surface area contributed by atoms with Crippen LogP contribution in [0.3, 0.4) is 0 Å². The van der Waals surface area contributed by atoms with Gasteiger partial charge in [-0.1, -0.05) is 18.2 Å². The van der Waals surface area contributed by atoms with Crippen LogP contribution in [0, 0.1) is 5.82 Å². The third-order valence-corrected chi connectivity index (χ3v) is 4.42. The molecule has 0 radical (unpaired) electrons. The molecule has 4 rings (SSSR count). The second-order valence-electron chi connectivity index (χ2n) is 6.55. The molecule has 0 aliphatic heterocycles. The largest absolute Gasteiger partial charge is 0.486 e. The van der Waals surface area contributed by atoms with Crippen LogP contribution in [0.1, 0.15) is 21.9 Å². The van der Waals surface area contributed by atoms with Crippen LogP contribution in [0.25, 0.3) is 10.9 Å². The lowest BCUT2D eigenvalue weighted by Gasteiger charge is -2.06. The Morgan fingerprint density at radius 2 is 1.80 bits per heavy atom. The van der Waals surface area contributed by atoms with Gasteiger partial charge >= 0.3 is 5.91 Å². The number of aromatic nitrogens is 1. The van der Waals surface area contributed by atoms with Gasteiger partial charge in [-0.25, -0.2) is 4.39 Å². The number of fused-ring (bicyclic) bond motifs is 1. The Bertz CT molecular complexity index is 1180. The molecule has 30 heavy (non-hydrogen) atoms. The number of halogens is 1. The fourth-order valence-electron chi connectivity index (χ4n) is 2.95. The topological polar surface area (TPSA) is 96.4 Å². The van der Waals surface area contributed by atoms with E-state index in [1.807, 2.05) is 24.3 Å². The normalized spacial score (nSPS) is 10.7. The van der Waals surface area contributed by atoms with Crippen molar-refractivity contribution in [2.45, 2.75) is 13.0 Å². The first-order chi connectivity index (χ1) is 14.6. The number of hydrazine groups is 1. The van der Waals surface area contributed by atoms with Crippen LogP contribution in [0.15, 0.2) is 71.3 Å². The van der Waals surface area contributed by atoms with Gasteiger partial charge in [0, 0.05) is 17.1 Å². The van der Waals surface area contributed by atoms with Crippen molar-refractivity contribution in [2.24, 2.45) is 0 Å². The summed E-state index contributed by atoms with van der Waals surface area (Å²) < 4.78 is 23.8. The number of H-pyrrole nitrogens is 1. The average Bonchev–Trinajstić information content (AvgIpc) is 3.39. The van der Waals surface area contributed by atoms with E-state index >= 15 is 0 Å². The number of benzene rings is 2. The van der Waals surface area contributed by atoms with E-state index in [1.54, 1.807) is 12.3 Å². The van der Waals surface area contributed by atoms with E-state index in [1.165, 1.54) is 30.3 Å². The number of para-hydroxylation sites is 1. The minimum absolute atomic E-state index is 0.0279. The molecule has 0 unspecified atom stereocenters. The summed E-state index contributed by atoms with van der Waals surface area (Å²) in [4.78, 5) is 27.4. The van der Waals surface area contributed by atoms with Crippen LogP contribution < -0.4 is 15.6 Å². The van der Waals surface area contributed by atoms with Crippen LogP contribution in [-0.4, -0.2) is 16.8 Å². The Balaban J connectivity index is 1.27. The zero-order valence-corrected chi connectivity index (χ0v) is 15.8. The summed E-state index contributed by atoms with van der Waals surface area (Å²) in [6.07, 6.45) is 1.88. The van der Waals surface area contributed by atoms with Gasteiger partial charge in [-0.05, 0) is 48.0 Å². The first-order valence-electron chi connectivity index (χ1n) is 9.20. The van der Waals surface area contributed by atoms with Crippen LogP contribution in [0.4, 0.5) is 4.39 Å². The summed E-state index contributed by atoms with van der Waals surface area (Å²) in [5, 5.41) is 0.954. The first-order valence-corrected chi connectivity index (χ1v) is 9.20. The summed E-state index contributed by atoms with van der Waals surface area (Å²) in [5.41, 5.74) is 6.47. The van der Waals surface area contributed by atoms with Crippen molar-refractivity contribution in [3.63, 3.8) is 0 Å². The smallest absolute Gasteiger partial charge is 0.305 e. The molecule has 2 aromatic carbocycles. The maximum atomic E-state index is 12.9. The Morgan fingerprint density at radius 1 is 1.00 bits per heavy atom. The molecular weight excluding hydrogens is 389 g/mol. The van der Waals surface area contributed by atoms with Gasteiger partial charge in [0.25, 0.3) is 0 Å². The van der Waals surface area contributed by atoms with Crippen LogP contribution in [0.5, 0.6) is 5.75 Å². The number of aromatic amines is 1. The molecule has 7 nitrogen and oxygen atoms in total. The predicted octanol–water partition coefficient (Wildman–Crippen LogP) is 3.48. The number of furan rings is 1. The molecule has 3 N–H and O–H groups in total. The number of nitrogens with one attached hydrogen (secondary N) is 3. The zero-order valence-electron chi connectivity index (χ0n) is 15.8. The van der Waals surface area contributed by atoms with Crippen molar-refractivity contribution in [2.75, 3.05) is 0 Å². The van der Waals surface area contributed by atoms with Gasteiger partial charge in [0.15, 0.2) is 5.76 Å². The van der Waals surface area contributed by atoms with Gasteiger partial charge in [-0.3, -0.25) is 20.4 Å². The van der Waals surface area contributed by atoms with Crippen LogP contribution >= 0.6 is 0 Å². The van der Waals surface area contributed by atoms with E-state index in [0.29, 0.717) is 11.5 Å². The number of amides is 2. The minimum Gasteiger partial charge on any atom is -0.486 e. The molecule has 0 fully saturated rings. The summed E-state index contributed by atoms with van der Waals surface area (Å²) in [5.74, 6) is -0.390. The highest BCUT2D eigenvalue weighted by Crippen LogP contribution is 2.18. The number of carbonyl (C=O) groups excluding carboxylic acids is 2. The molecule has 2 heterocycles. The molecule has 0 bridgehead atoms.